The summed E-state index contributed by atoms with van der Waals surface area (Å²) in [6, 6.07) is 6.23. The Kier molecular flexibility index (Phi) is 3.41. The molecule has 1 rings (SSSR count). The maximum absolute atomic E-state index is 13.2. The lowest BCUT2D eigenvalue weighted by Crippen LogP contribution is -2.39. The van der Waals surface area contributed by atoms with E-state index in [0.717, 1.165) is 0 Å². The van der Waals surface area contributed by atoms with Crippen molar-refractivity contribution in [1.82, 2.24) is 5.43 Å². The van der Waals surface area contributed by atoms with Gasteiger partial charge in [-0.25, -0.2) is 10.2 Å². The van der Waals surface area contributed by atoms with Crippen LogP contribution in [0.5, 0.6) is 0 Å². The molecule has 0 radical (unpaired) electrons. The number of hydrazine groups is 1. The molecule has 0 aromatic heterocycles. The summed E-state index contributed by atoms with van der Waals surface area (Å²) in [5.74, 6) is 4.19. The number of amides is 1. The Balaban J connectivity index is 2.74. The average Bonchev–Trinajstić information content (AvgIpc) is 2.18. The topological polar surface area (TPSA) is 58.4 Å². The number of nitrogens with one attached hydrogen (secondary N) is 1. The van der Waals surface area contributed by atoms with E-state index in [1.807, 2.05) is 5.43 Å². The van der Waals surface area contributed by atoms with Gasteiger partial charge in [-0.2, -0.15) is 0 Å². The Bertz CT molecular complexity index is 330. The standard InChI is InChI=1S/C9H12FN3O/c1-13(6-9(14)12-11)8-5-3-2-4-7(8)10/h2-5H,6,11H2,1H3,(H,12,14). The molecule has 1 aromatic rings. The second-order valence-electron chi connectivity index (χ2n) is 2.87. The third-order valence-electron chi connectivity index (χ3n) is 1.81. The molecule has 0 aliphatic heterocycles. The van der Waals surface area contributed by atoms with Gasteiger partial charge in [0.1, 0.15) is 5.82 Å². The van der Waals surface area contributed by atoms with Crippen LogP contribution in [-0.2, 0) is 4.79 Å². The molecule has 0 atom stereocenters. The van der Waals surface area contributed by atoms with E-state index in [0.29, 0.717) is 5.69 Å². The normalized spacial score (nSPS) is 9.64. The zero-order chi connectivity index (χ0) is 10.6. The summed E-state index contributed by atoms with van der Waals surface area (Å²) in [5, 5.41) is 0. The second-order valence-corrected chi connectivity index (χ2v) is 2.87. The van der Waals surface area contributed by atoms with E-state index >= 15 is 0 Å². The summed E-state index contributed by atoms with van der Waals surface area (Å²) in [6.45, 7) is 0.0252. The average molecular weight is 197 g/mol. The van der Waals surface area contributed by atoms with E-state index in [2.05, 4.69) is 0 Å². The van der Waals surface area contributed by atoms with Crippen LogP contribution in [0, 0.1) is 5.82 Å². The van der Waals surface area contributed by atoms with Crippen molar-refractivity contribution in [2.75, 3.05) is 18.5 Å². The third kappa shape index (κ3) is 2.43. The fourth-order valence-electron chi connectivity index (χ4n) is 1.11. The Hall–Kier alpha value is -1.62. The van der Waals surface area contributed by atoms with Crippen molar-refractivity contribution in [3.05, 3.63) is 30.1 Å². The predicted octanol–water partition coefficient (Wildman–Crippen LogP) is 0.252. The van der Waals surface area contributed by atoms with Crippen LogP contribution >= 0.6 is 0 Å². The van der Waals surface area contributed by atoms with Gasteiger partial charge < -0.3 is 4.90 Å². The fraction of sp³-hybridized carbons (Fsp3) is 0.222. The Morgan fingerprint density at radius 1 is 1.57 bits per heavy atom. The number of carbonyl (C=O) groups is 1. The van der Waals surface area contributed by atoms with E-state index in [1.54, 1.807) is 25.2 Å². The molecule has 14 heavy (non-hydrogen) atoms. The largest absolute Gasteiger partial charge is 0.363 e. The van der Waals surface area contributed by atoms with E-state index < -0.39 is 0 Å². The molecule has 0 saturated heterocycles. The van der Waals surface area contributed by atoms with Gasteiger partial charge in [-0.15, -0.1) is 0 Å². The molecule has 3 N–H and O–H groups in total. The molecule has 0 fully saturated rings. The Morgan fingerprint density at radius 3 is 2.79 bits per heavy atom. The van der Waals surface area contributed by atoms with Gasteiger partial charge in [0.2, 0.25) is 0 Å². The molecule has 0 heterocycles. The molecule has 0 bridgehead atoms. The second kappa shape index (κ2) is 4.57. The van der Waals surface area contributed by atoms with Crippen LogP contribution in [-0.4, -0.2) is 19.5 Å². The summed E-state index contributed by atoms with van der Waals surface area (Å²) in [4.78, 5) is 12.4. The van der Waals surface area contributed by atoms with Gasteiger partial charge in [0, 0.05) is 7.05 Å². The van der Waals surface area contributed by atoms with Gasteiger partial charge in [-0.3, -0.25) is 10.2 Å². The summed E-state index contributed by atoms with van der Waals surface area (Å²) in [7, 11) is 1.62. The third-order valence-corrected chi connectivity index (χ3v) is 1.81. The highest BCUT2D eigenvalue weighted by molar-refractivity contribution is 5.80. The lowest BCUT2D eigenvalue weighted by atomic mass is 10.3. The maximum atomic E-state index is 13.2. The number of rotatable bonds is 3. The number of halogens is 1. The van der Waals surface area contributed by atoms with Crippen LogP contribution in [0.1, 0.15) is 0 Å². The minimum atomic E-state index is -0.365. The number of benzene rings is 1. The number of likely N-dealkylation sites (N-methyl/N-ethyl adjacent to an activating group) is 1. The molecule has 0 saturated carbocycles. The highest BCUT2D eigenvalue weighted by Crippen LogP contribution is 2.16. The number of carbonyl (C=O) groups excluding carboxylic acids is 1. The van der Waals surface area contributed by atoms with E-state index in [9.17, 15) is 9.18 Å². The molecular formula is C9H12FN3O. The Morgan fingerprint density at radius 2 is 2.21 bits per heavy atom. The van der Waals surface area contributed by atoms with Crippen molar-refractivity contribution in [3.8, 4) is 0 Å². The van der Waals surface area contributed by atoms with Gasteiger partial charge >= 0.3 is 0 Å². The lowest BCUT2D eigenvalue weighted by Gasteiger charge is -2.18. The van der Waals surface area contributed by atoms with Crippen molar-refractivity contribution in [3.63, 3.8) is 0 Å². The van der Waals surface area contributed by atoms with Gasteiger partial charge in [-0.1, -0.05) is 12.1 Å². The zero-order valence-electron chi connectivity index (χ0n) is 7.83. The molecule has 1 aromatic carbocycles. The van der Waals surface area contributed by atoms with Gasteiger partial charge in [0.25, 0.3) is 5.91 Å². The summed E-state index contributed by atoms with van der Waals surface area (Å²) < 4.78 is 13.2. The number of nitrogens with zero attached hydrogens (tertiary/aromatic N) is 1. The van der Waals surface area contributed by atoms with Crippen LogP contribution in [0.15, 0.2) is 24.3 Å². The molecule has 0 aliphatic carbocycles. The summed E-state index contributed by atoms with van der Waals surface area (Å²) >= 11 is 0. The summed E-state index contributed by atoms with van der Waals surface area (Å²) in [5.41, 5.74) is 2.35. The predicted molar refractivity (Wildman–Crippen MR) is 52.0 cm³/mol. The number of anilines is 1. The lowest BCUT2D eigenvalue weighted by molar-refractivity contribution is -0.119. The molecule has 76 valence electrons. The first-order valence-electron chi connectivity index (χ1n) is 4.10. The minimum absolute atomic E-state index is 0.0252. The number of hydrogen-bond acceptors (Lipinski definition) is 3. The first-order chi connectivity index (χ1) is 6.65. The van der Waals surface area contributed by atoms with E-state index in [4.69, 9.17) is 5.84 Å². The fourth-order valence-corrected chi connectivity index (χ4v) is 1.11. The van der Waals surface area contributed by atoms with Crippen molar-refractivity contribution in [1.29, 1.82) is 0 Å². The van der Waals surface area contributed by atoms with E-state index in [1.165, 1.54) is 11.0 Å². The quantitative estimate of drug-likeness (QED) is 0.415. The molecule has 0 aliphatic rings. The molecule has 5 heteroatoms. The van der Waals surface area contributed by atoms with Crippen LogP contribution in [0.4, 0.5) is 10.1 Å². The molecular weight excluding hydrogens is 185 g/mol. The van der Waals surface area contributed by atoms with Crippen molar-refractivity contribution in [2.45, 2.75) is 0 Å². The number of para-hydroxylation sites is 1. The van der Waals surface area contributed by atoms with Crippen LogP contribution in [0.25, 0.3) is 0 Å². The Labute approximate surface area is 81.5 Å². The van der Waals surface area contributed by atoms with Gasteiger partial charge in [-0.05, 0) is 12.1 Å². The van der Waals surface area contributed by atoms with Gasteiger partial charge in [0.05, 0.1) is 12.2 Å². The first kappa shape index (κ1) is 10.5. The van der Waals surface area contributed by atoms with Crippen LogP contribution < -0.4 is 16.2 Å². The number of nitrogens with two attached hydrogens (primary N) is 1. The van der Waals surface area contributed by atoms with E-state index in [-0.39, 0.29) is 18.3 Å². The highest BCUT2D eigenvalue weighted by Gasteiger charge is 2.09. The van der Waals surface area contributed by atoms with Crippen molar-refractivity contribution >= 4 is 11.6 Å². The summed E-state index contributed by atoms with van der Waals surface area (Å²) in [6.07, 6.45) is 0. The van der Waals surface area contributed by atoms with Gasteiger partial charge in [0.15, 0.2) is 0 Å². The first-order valence-corrected chi connectivity index (χ1v) is 4.10. The molecule has 4 nitrogen and oxygen atoms in total. The molecule has 0 spiro atoms. The molecule has 0 unspecified atom stereocenters. The van der Waals surface area contributed by atoms with Crippen molar-refractivity contribution in [2.24, 2.45) is 5.84 Å². The molecule has 1 amide bonds. The van der Waals surface area contributed by atoms with Crippen molar-refractivity contribution < 1.29 is 9.18 Å². The van der Waals surface area contributed by atoms with Crippen LogP contribution in [0.2, 0.25) is 0 Å². The monoisotopic (exact) mass is 197 g/mol. The highest BCUT2D eigenvalue weighted by atomic mass is 19.1. The SMILES string of the molecule is CN(CC(=O)NN)c1ccccc1F. The maximum Gasteiger partial charge on any atom is 0.253 e. The zero-order valence-corrected chi connectivity index (χ0v) is 7.83. The van der Waals surface area contributed by atoms with Crippen LogP contribution in [0.3, 0.4) is 0 Å². The smallest absolute Gasteiger partial charge is 0.253 e. The number of hydrogen-bond donors (Lipinski definition) is 2. The minimum Gasteiger partial charge on any atom is -0.363 e.